The summed E-state index contributed by atoms with van der Waals surface area (Å²) in [6, 6.07) is 5.70. The predicted octanol–water partition coefficient (Wildman–Crippen LogP) is 4.35. The normalized spacial score (nSPS) is 11.0. The van der Waals surface area contributed by atoms with E-state index in [1.54, 1.807) is 23.9 Å². The SMILES string of the molecule is CCCCCn1cnc2sc(C(=O)Nc3cccc(F)c3)c(C)c2c1=O. The van der Waals surface area contributed by atoms with E-state index in [0.717, 1.165) is 19.3 Å². The van der Waals surface area contributed by atoms with E-state index in [2.05, 4.69) is 17.2 Å². The molecule has 0 fully saturated rings. The third-order valence-corrected chi connectivity index (χ3v) is 5.41. The second-order valence-electron chi connectivity index (χ2n) is 6.15. The number of carbonyl (C=O) groups excluding carboxylic acids is 1. The Morgan fingerprint density at radius 2 is 2.15 bits per heavy atom. The number of nitrogens with one attached hydrogen (secondary N) is 1. The fraction of sp³-hybridized carbons (Fsp3) is 0.316. The van der Waals surface area contributed by atoms with Gasteiger partial charge < -0.3 is 5.32 Å². The summed E-state index contributed by atoms with van der Waals surface area (Å²) in [6.45, 7) is 4.48. The number of nitrogens with zero attached hydrogens (tertiary/aromatic N) is 2. The van der Waals surface area contributed by atoms with Crippen molar-refractivity contribution in [3.63, 3.8) is 0 Å². The first-order chi connectivity index (χ1) is 12.5. The van der Waals surface area contributed by atoms with Crippen molar-refractivity contribution in [2.24, 2.45) is 0 Å². The zero-order valence-corrected chi connectivity index (χ0v) is 15.5. The topological polar surface area (TPSA) is 64.0 Å². The van der Waals surface area contributed by atoms with Gasteiger partial charge in [0.15, 0.2) is 0 Å². The van der Waals surface area contributed by atoms with Crippen molar-refractivity contribution in [3.8, 4) is 0 Å². The lowest BCUT2D eigenvalue weighted by atomic mass is 10.2. The molecule has 0 aliphatic rings. The van der Waals surface area contributed by atoms with Crippen molar-refractivity contribution < 1.29 is 9.18 Å². The second-order valence-corrected chi connectivity index (χ2v) is 7.15. The molecule has 0 saturated carbocycles. The van der Waals surface area contributed by atoms with Crippen LogP contribution in [0.15, 0.2) is 35.4 Å². The number of hydrogen-bond donors (Lipinski definition) is 1. The first kappa shape index (κ1) is 18.3. The van der Waals surface area contributed by atoms with Crippen molar-refractivity contribution >= 4 is 33.1 Å². The van der Waals surface area contributed by atoms with Crippen LogP contribution in [-0.2, 0) is 6.54 Å². The molecule has 2 aromatic heterocycles. The van der Waals surface area contributed by atoms with Crippen LogP contribution in [0.3, 0.4) is 0 Å². The van der Waals surface area contributed by atoms with Gasteiger partial charge in [0.05, 0.1) is 16.6 Å². The Balaban J connectivity index is 1.92. The molecular weight excluding hydrogens is 353 g/mol. The van der Waals surface area contributed by atoms with Crippen LogP contribution in [0.5, 0.6) is 0 Å². The number of hydrogen-bond acceptors (Lipinski definition) is 4. The van der Waals surface area contributed by atoms with Gasteiger partial charge in [-0.25, -0.2) is 9.37 Å². The van der Waals surface area contributed by atoms with Gasteiger partial charge in [0.1, 0.15) is 10.6 Å². The number of unbranched alkanes of at least 4 members (excludes halogenated alkanes) is 2. The highest BCUT2D eigenvalue weighted by Crippen LogP contribution is 2.27. The zero-order chi connectivity index (χ0) is 18.7. The smallest absolute Gasteiger partial charge is 0.266 e. The van der Waals surface area contributed by atoms with Gasteiger partial charge in [-0.15, -0.1) is 11.3 Å². The van der Waals surface area contributed by atoms with Crippen LogP contribution in [0.25, 0.3) is 10.2 Å². The number of aromatic nitrogens is 2. The molecule has 1 N–H and O–H groups in total. The molecule has 0 aliphatic heterocycles. The minimum atomic E-state index is -0.424. The Hall–Kier alpha value is -2.54. The summed E-state index contributed by atoms with van der Waals surface area (Å²) >= 11 is 1.18. The maximum atomic E-state index is 13.3. The van der Waals surface area contributed by atoms with Crippen molar-refractivity contribution in [1.29, 1.82) is 0 Å². The number of benzene rings is 1. The van der Waals surface area contributed by atoms with Crippen LogP contribution in [0.1, 0.15) is 41.4 Å². The van der Waals surface area contributed by atoms with E-state index in [9.17, 15) is 14.0 Å². The van der Waals surface area contributed by atoms with Crippen LogP contribution in [0.2, 0.25) is 0 Å². The van der Waals surface area contributed by atoms with E-state index in [1.807, 2.05) is 0 Å². The Morgan fingerprint density at radius 3 is 2.88 bits per heavy atom. The number of fused-ring (bicyclic) bond motifs is 1. The Bertz CT molecular complexity index is 1010. The third-order valence-electron chi connectivity index (χ3n) is 4.21. The maximum absolute atomic E-state index is 13.3. The number of thiophene rings is 1. The van der Waals surface area contributed by atoms with Gasteiger partial charge in [0.2, 0.25) is 0 Å². The molecule has 5 nitrogen and oxygen atoms in total. The average molecular weight is 373 g/mol. The number of halogens is 1. The molecule has 3 aromatic rings. The summed E-state index contributed by atoms with van der Waals surface area (Å²) in [7, 11) is 0. The van der Waals surface area contributed by atoms with E-state index < -0.39 is 5.82 Å². The lowest BCUT2D eigenvalue weighted by Crippen LogP contribution is -2.20. The molecule has 2 heterocycles. The van der Waals surface area contributed by atoms with Gasteiger partial charge in [-0.3, -0.25) is 14.2 Å². The van der Waals surface area contributed by atoms with Crippen molar-refractivity contribution in [1.82, 2.24) is 9.55 Å². The molecule has 0 radical (unpaired) electrons. The number of carbonyl (C=O) groups is 1. The molecule has 0 atom stereocenters. The van der Waals surface area contributed by atoms with Crippen LogP contribution in [-0.4, -0.2) is 15.5 Å². The number of amides is 1. The third kappa shape index (κ3) is 3.67. The summed E-state index contributed by atoms with van der Waals surface area (Å²) in [6.07, 6.45) is 4.59. The summed E-state index contributed by atoms with van der Waals surface area (Å²) in [5.41, 5.74) is 0.864. The molecule has 0 spiro atoms. The molecule has 3 rings (SSSR count). The largest absolute Gasteiger partial charge is 0.321 e. The molecule has 0 aliphatic carbocycles. The lowest BCUT2D eigenvalue weighted by Gasteiger charge is -2.05. The fourth-order valence-electron chi connectivity index (χ4n) is 2.82. The zero-order valence-electron chi connectivity index (χ0n) is 14.7. The molecule has 0 saturated heterocycles. The number of aryl methyl sites for hydroxylation is 2. The molecule has 0 unspecified atom stereocenters. The average Bonchev–Trinajstić information content (AvgIpc) is 2.95. The van der Waals surface area contributed by atoms with Gasteiger partial charge in [-0.2, -0.15) is 0 Å². The van der Waals surface area contributed by atoms with Crippen molar-refractivity contribution in [3.05, 3.63) is 57.2 Å². The summed E-state index contributed by atoms with van der Waals surface area (Å²) in [4.78, 5) is 30.6. The van der Waals surface area contributed by atoms with Gasteiger partial charge >= 0.3 is 0 Å². The Morgan fingerprint density at radius 1 is 1.35 bits per heavy atom. The van der Waals surface area contributed by atoms with E-state index >= 15 is 0 Å². The summed E-state index contributed by atoms with van der Waals surface area (Å²) in [5.74, 6) is -0.791. The molecule has 1 aromatic carbocycles. The minimum Gasteiger partial charge on any atom is -0.321 e. The van der Waals surface area contributed by atoms with Crippen LogP contribution in [0.4, 0.5) is 10.1 Å². The fourth-order valence-corrected chi connectivity index (χ4v) is 3.86. The Kier molecular flexibility index (Phi) is 5.46. The van der Waals surface area contributed by atoms with E-state index in [1.165, 1.54) is 29.5 Å². The molecule has 136 valence electrons. The van der Waals surface area contributed by atoms with Gasteiger partial charge in [-0.05, 0) is 37.1 Å². The maximum Gasteiger partial charge on any atom is 0.266 e. The second kappa shape index (κ2) is 7.78. The van der Waals surface area contributed by atoms with E-state index in [0.29, 0.717) is 32.9 Å². The van der Waals surface area contributed by atoms with E-state index in [4.69, 9.17) is 0 Å². The molecule has 7 heteroatoms. The van der Waals surface area contributed by atoms with Gasteiger partial charge in [0, 0.05) is 12.2 Å². The first-order valence-corrected chi connectivity index (χ1v) is 9.38. The first-order valence-electron chi connectivity index (χ1n) is 8.56. The van der Waals surface area contributed by atoms with Gasteiger partial charge in [-0.1, -0.05) is 25.8 Å². The summed E-state index contributed by atoms with van der Waals surface area (Å²) in [5, 5.41) is 3.16. The molecular formula is C19H20FN3O2S. The molecule has 0 bridgehead atoms. The van der Waals surface area contributed by atoms with Crippen LogP contribution >= 0.6 is 11.3 Å². The predicted molar refractivity (Wildman–Crippen MR) is 102 cm³/mol. The highest BCUT2D eigenvalue weighted by Gasteiger charge is 2.19. The van der Waals surface area contributed by atoms with Crippen molar-refractivity contribution in [2.75, 3.05) is 5.32 Å². The quantitative estimate of drug-likeness (QED) is 0.654. The Labute approximate surface area is 154 Å². The summed E-state index contributed by atoms with van der Waals surface area (Å²) < 4.78 is 14.9. The van der Waals surface area contributed by atoms with Crippen molar-refractivity contribution in [2.45, 2.75) is 39.7 Å². The van der Waals surface area contributed by atoms with Crippen LogP contribution < -0.4 is 10.9 Å². The highest BCUT2D eigenvalue weighted by molar-refractivity contribution is 7.20. The van der Waals surface area contributed by atoms with Crippen LogP contribution in [0, 0.1) is 12.7 Å². The van der Waals surface area contributed by atoms with Gasteiger partial charge in [0.25, 0.3) is 11.5 Å². The lowest BCUT2D eigenvalue weighted by molar-refractivity contribution is 0.103. The number of rotatable bonds is 6. The highest BCUT2D eigenvalue weighted by atomic mass is 32.1. The molecule has 26 heavy (non-hydrogen) atoms. The standard InChI is InChI=1S/C19H20FN3O2S/c1-3-4-5-9-23-11-21-18-15(19(23)25)12(2)16(26-18)17(24)22-14-8-6-7-13(20)10-14/h6-8,10-11H,3-5,9H2,1-2H3,(H,22,24). The number of anilines is 1. The molecule has 1 amide bonds. The minimum absolute atomic E-state index is 0.121. The van der Waals surface area contributed by atoms with E-state index in [-0.39, 0.29) is 11.5 Å². The monoisotopic (exact) mass is 373 g/mol.